The molecule has 4 heteroatoms. The summed E-state index contributed by atoms with van der Waals surface area (Å²) in [5, 5.41) is 6.18. The van der Waals surface area contributed by atoms with Crippen molar-refractivity contribution in [3.05, 3.63) is 57.4 Å². The van der Waals surface area contributed by atoms with Crippen LogP contribution in [0.3, 0.4) is 0 Å². The second kappa shape index (κ2) is 5.97. The van der Waals surface area contributed by atoms with Gasteiger partial charge in [-0.2, -0.15) is 0 Å². The molecular weight excluding hydrogens is 292 g/mol. The average molecular weight is 312 g/mol. The number of aryl methyl sites for hydroxylation is 2. The Balaban J connectivity index is 1.88. The monoisotopic (exact) mass is 312 g/mol. The van der Waals surface area contributed by atoms with Gasteiger partial charge in [0.15, 0.2) is 0 Å². The van der Waals surface area contributed by atoms with Gasteiger partial charge in [0.2, 0.25) is 0 Å². The van der Waals surface area contributed by atoms with E-state index in [9.17, 15) is 4.79 Å². The number of carbonyl (C=O) groups is 1. The molecule has 1 N–H and O–H groups in total. The fourth-order valence-corrected chi connectivity index (χ4v) is 3.53. The summed E-state index contributed by atoms with van der Waals surface area (Å²) in [7, 11) is 0. The summed E-state index contributed by atoms with van der Waals surface area (Å²) in [6.07, 6.45) is 0. The van der Waals surface area contributed by atoms with Crippen LogP contribution in [-0.2, 0) is 13.1 Å². The highest BCUT2D eigenvalue weighted by Gasteiger charge is 2.13. The zero-order valence-corrected chi connectivity index (χ0v) is 14.0. The second-order valence-electron chi connectivity index (χ2n) is 5.45. The van der Waals surface area contributed by atoms with Crippen molar-refractivity contribution in [1.82, 2.24) is 9.88 Å². The number of benzene rings is 1. The predicted octanol–water partition coefficient (Wildman–Crippen LogP) is 4.27. The highest BCUT2D eigenvalue weighted by Crippen LogP contribution is 2.26. The lowest BCUT2D eigenvalue weighted by molar-refractivity contribution is 0.0951. The summed E-state index contributed by atoms with van der Waals surface area (Å²) in [4.78, 5) is 13.5. The summed E-state index contributed by atoms with van der Waals surface area (Å²) in [5.74, 6) is -0.0170. The Hall–Kier alpha value is -2.07. The smallest absolute Gasteiger partial charge is 0.251 e. The van der Waals surface area contributed by atoms with E-state index >= 15 is 0 Å². The maximum Gasteiger partial charge on any atom is 0.251 e. The van der Waals surface area contributed by atoms with Crippen LogP contribution in [0.4, 0.5) is 0 Å². The molecule has 0 atom stereocenters. The molecule has 0 aliphatic heterocycles. The number of fused-ring (bicyclic) bond motifs is 1. The quantitative estimate of drug-likeness (QED) is 0.767. The highest BCUT2D eigenvalue weighted by molar-refractivity contribution is 7.09. The van der Waals surface area contributed by atoms with Gasteiger partial charge < -0.3 is 9.88 Å². The molecule has 3 nitrogen and oxygen atoms in total. The zero-order valence-electron chi connectivity index (χ0n) is 13.1. The molecule has 2 aromatic heterocycles. The number of aromatic nitrogens is 1. The second-order valence-corrected chi connectivity index (χ2v) is 6.48. The van der Waals surface area contributed by atoms with Crippen molar-refractivity contribution in [2.45, 2.75) is 33.9 Å². The van der Waals surface area contributed by atoms with Crippen molar-refractivity contribution in [1.29, 1.82) is 0 Å². The van der Waals surface area contributed by atoms with E-state index in [1.165, 1.54) is 27.0 Å². The normalized spacial score (nSPS) is 11.0. The van der Waals surface area contributed by atoms with Gasteiger partial charge in [-0.3, -0.25) is 4.79 Å². The summed E-state index contributed by atoms with van der Waals surface area (Å²) in [6.45, 7) is 7.93. The van der Waals surface area contributed by atoms with Crippen molar-refractivity contribution in [3.63, 3.8) is 0 Å². The fourth-order valence-electron chi connectivity index (χ4n) is 2.88. The molecule has 3 aromatic rings. The zero-order chi connectivity index (χ0) is 15.7. The van der Waals surface area contributed by atoms with Crippen LogP contribution in [0, 0.1) is 13.8 Å². The molecule has 1 amide bonds. The average Bonchev–Trinajstić information content (AvgIpc) is 3.13. The first-order chi connectivity index (χ1) is 10.6. The predicted molar refractivity (Wildman–Crippen MR) is 92.6 cm³/mol. The number of carbonyl (C=O) groups excluding carboxylic acids is 1. The van der Waals surface area contributed by atoms with Crippen molar-refractivity contribution in [2.24, 2.45) is 0 Å². The number of hydrogen-bond acceptors (Lipinski definition) is 2. The van der Waals surface area contributed by atoms with E-state index in [0.29, 0.717) is 6.54 Å². The first-order valence-electron chi connectivity index (χ1n) is 7.51. The standard InChI is InChI=1S/C18H20N2OS/c1-4-20-13(3)12(2)16-10-14(7-8-17(16)20)18(21)19-11-15-6-5-9-22-15/h5-10H,4,11H2,1-3H3,(H,19,21). The van der Waals surface area contributed by atoms with Crippen molar-refractivity contribution in [2.75, 3.05) is 0 Å². The Bertz CT molecular complexity index is 815. The van der Waals surface area contributed by atoms with Crippen molar-refractivity contribution >= 4 is 28.1 Å². The van der Waals surface area contributed by atoms with Crippen LogP contribution in [0.25, 0.3) is 10.9 Å². The summed E-state index contributed by atoms with van der Waals surface area (Å²) < 4.78 is 2.29. The highest BCUT2D eigenvalue weighted by atomic mass is 32.1. The van der Waals surface area contributed by atoms with Gasteiger partial charge in [0, 0.05) is 33.6 Å². The van der Waals surface area contributed by atoms with Gasteiger partial charge in [0.05, 0.1) is 6.54 Å². The largest absolute Gasteiger partial charge is 0.347 e. The molecule has 0 aliphatic carbocycles. The number of hydrogen-bond donors (Lipinski definition) is 1. The third-order valence-electron chi connectivity index (χ3n) is 4.22. The lowest BCUT2D eigenvalue weighted by Crippen LogP contribution is -2.22. The molecule has 0 saturated carbocycles. The Morgan fingerprint density at radius 2 is 2.09 bits per heavy atom. The Morgan fingerprint density at radius 1 is 1.27 bits per heavy atom. The SMILES string of the molecule is CCn1c(C)c(C)c2cc(C(=O)NCc3cccs3)ccc21. The summed E-state index contributed by atoms with van der Waals surface area (Å²) >= 11 is 1.66. The number of nitrogens with one attached hydrogen (secondary N) is 1. The van der Waals surface area contributed by atoms with Gasteiger partial charge in [-0.05, 0) is 56.0 Å². The van der Waals surface area contributed by atoms with E-state index in [0.717, 1.165) is 12.1 Å². The molecule has 2 heterocycles. The van der Waals surface area contributed by atoms with Gasteiger partial charge in [-0.25, -0.2) is 0 Å². The third kappa shape index (κ3) is 2.55. The van der Waals surface area contributed by atoms with Crippen LogP contribution >= 0.6 is 11.3 Å². The molecule has 0 spiro atoms. The maximum atomic E-state index is 12.3. The van der Waals surface area contributed by atoms with Crippen LogP contribution < -0.4 is 5.32 Å². The maximum absolute atomic E-state index is 12.3. The van der Waals surface area contributed by atoms with E-state index in [-0.39, 0.29) is 5.91 Å². The van der Waals surface area contributed by atoms with Gasteiger partial charge in [0.1, 0.15) is 0 Å². The molecule has 22 heavy (non-hydrogen) atoms. The van der Waals surface area contributed by atoms with Crippen molar-refractivity contribution < 1.29 is 4.79 Å². The summed E-state index contributed by atoms with van der Waals surface area (Å²) in [5.41, 5.74) is 4.45. The van der Waals surface area contributed by atoms with E-state index in [4.69, 9.17) is 0 Å². The van der Waals surface area contributed by atoms with Gasteiger partial charge in [-0.15, -0.1) is 11.3 Å². The minimum absolute atomic E-state index is 0.0170. The Morgan fingerprint density at radius 3 is 2.77 bits per heavy atom. The Kier molecular flexibility index (Phi) is 4.03. The van der Waals surface area contributed by atoms with Crippen LogP contribution in [-0.4, -0.2) is 10.5 Å². The molecule has 0 saturated heterocycles. The molecule has 0 radical (unpaired) electrons. The molecule has 114 valence electrons. The van der Waals surface area contributed by atoms with E-state index in [1.54, 1.807) is 11.3 Å². The molecule has 0 bridgehead atoms. The molecule has 1 aromatic carbocycles. The first-order valence-corrected chi connectivity index (χ1v) is 8.39. The van der Waals surface area contributed by atoms with E-state index < -0.39 is 0 Å². The van der Waals surface area contributed by atoms with Gasteiger partial charge in [-0.1, -0.05) is 6.07 Å². The molecule has 0 fully saturated rings. The number of nitrogens with zero attached hydrogens (tertiary/aromatic N) is 1. The third-order valence-corrected chi connectivity index (χ3v) is 5.10. The van der Waals surface area contributed by atoms with Crippen LogP contribution in [0.1, 0.15) is 33.4 Å². The van der Waals surface area contributed by atoms with Gasteiger partial charge >= 0.3 is 0 Å². The number of thiophene rings is 1. The van der Waals surface area contributed by atoms with Gasteiger partial charge in [0.25, 0.3) is 5.91 Å². The lowest BCUT2D eigenvalue weighted by Gasteiger charge is -2.06. The van der Waals surface area contributed by atoms with Crippen LogP contribution in [0.5, 0.6) is 0 Å². The minimum atomic E-state index is -0.0170. The van der Waals surface area contributed by atoms with E-state index in [1.807, 2.05) is 29.6 Å². The molecule has 0 aliphatic rings. The molecule has 3 rings (SSSR count). The first kappa shape index (κ1) is 14.9. The lowest BCUT2D eigenvalue weighted by atomic mass is 10.1. The summed E-state index contributed by atoms with van der Waals surface area (Å²) in [6, 6.07) is 10.0. The van der Waals surface area contributed by atoms with Crippen LogP contribution in [0.2, 0.25) is 0 Å². The number of amides is 1. The van der Waals surface area contributed by atoms with Crippen LogP contribution in [0.15, 0.2) is 35.7 Å². The Labute approximate surface area is 134 Å². The minimum Gasteiger partial charge on any atom is -0.347 e. The number of rotatable bonds is 4. The fraction of sp³-hybridized carbons (Fsp3) is 0.278. The molecule has 0 unspecified atom stereocenters. The topological polar surface area (TPSA) is 34.0 Å². The molecular formula is C18H20N2OS. The van der Waals surface area contributed by atoms with E-state index in [2.05, 4.69) is 36.7 Å². The van der Waals surface area contributed by atoms with Crippen molar-refractivity contribution in [3.8, 4) is 0 Å².